The predicted molar refractivity (Wildman–Crippen MR) is 99.9 cm³/mol. The van der Waals surface area contributed by atoms with Crippen molar-refractivity contribution in [3.8, 4) is 5.75 Å². The Morgan fingerprint density at radius 2 is 1.88 bits per heavy atom. The van der Waals surface area contributed by atoms with Crippen LogP contribution in [0.4, 0.5) is 11.4 Å². The Bertz CT molecular complexity index is 870. The van der Waals surface area contributed by atoms with E-state index in [0.29, 0.717) is 22.1 Å². The van der Waals surface area contributed by atoms with Gasteiger partial charge in [0.25, 0.3) is 5.91 Å². The van der Waals surface area contributed by atoms with Gasteiger partial charge in [-0.15, -0.1) is 0 Å². The molecular weight excluding hydrogens is 364 g/mol. The summed E-state index contributed by atoms with van der Waals surface area (Å²) in [5.74, 6) is 0.125. The number of nitrogens with one attached hydrogen (secondary N) is 1. The van der Waals surface area contributed by atoms with Gasteiger partial charge in [-0.1, -0.05) is 23.7 Å². The number of carbonyl (C=O) groups is 1. The van der Waals surface area contributed by atoms with Crippen molar-refractivity contribution in [1.82, 2.24) is 0 Å². The number of carbonyl (C=O) groups excluding carboxylic acids is 1. The summed E-state index contributed by atoms with van der Waals surface area (Å²) in [6.07, 6.45) is 0.355. The number of ether oxygens (including phenoxy) is 1. The van der Waals surface area contributed by atoms with Crippen LogP contribution in [0, 0.1) is 0 Å². The van der Waals surface area contributed by atoms with Gasteiger partial charge >= 0.3 is 0 Å². The zero-order valence-corrected chi connectivity index (χ0v) is 15.6. The van der Waals surface area contributed by atoms with E-state index in [0.717, 1.165) is 10.6 Å². The molecule has 1 amide bonds. The zero-order valence-electron chi connectivity index (χ0n) is 14.1. The van der Waals surface area contributed by atoms with Gasteiger partial charge in [0, 0.05) is 17.8 Å². The standard InChI is InChI=1S/C17H19ClN2O4S/c1-12(24-16-9-4-6-13(18)10-16)17(21)19-14-7-5-8-15(11-14)20(2)25(3,22)23/h4-12H,1-3H3,(H,19,21)/t12-/m0/s1. The van der Waals surface area contributed by atoms with Crippen molar-refractivity contribution in [3.63, 3.8) is 0 Å². The molecule has 0 unspecified atom stereocenters. The zero-order chi connectivity index (χ0) is 18.6. The van der Waals surface area contributed by atoms with E-state index in [1.54, 1.807) is 55.5 Å². The molecule has 0 fully saturated rings. The summed E-state index contributed by atoms with van der Waals surface area (Å²) in [6.45, 7) is 1.61. The summed E-state index contributed by atoms with van der Waals surface area (Å²) in [6, 6.07) is 13.3. The number of benzene rings is 2. The fraction of sp³-hybridized carbons (Fsp3) is 0.235. The van der Waals surface area contributed by atoms with E-state index in [2.05, 4.69) is 5.32 Å². The van der Waals surface area contributed by atoms with E-state index in [-0.39, 0.29) is 5.91 Å². The van der Waals surface area contributed by atoms with Crippen LogP contribution in [0.25, 0.3) is 0 Å². The molecule has 0 aliphatic carbocycles. The van der Waals surface area contributed by atoms with Crippen LogP contribution in [-0.2, 0) is 14.8 Å². The predicted octanol–water partition coefficient (Wildman–Crippen LogP) is 3.14. The lowest BCUT2D eigenvalue weighted by molar-refractivity contribution is -0.122. The Kier molecular flexibility index (Phi) is 5.92. The third-order valence-electron chi connectivity index (χ3n) is 3.45. The van der Waals surface area contributed by atoms with Gasteiger partial charge in [0.15, 0.2) is 6.10 Å². The molecule has 0 aliphatic heterocycles. The molecule has 6 nitrogen and oxygen atoms in total. The highest BCUT2D eigenvalue weighted by Crippen LogP contribution is 2.21. The largest absolute Gasteiger partial charge is 0.481 e. The van der Waals surface area contributed by atoms with Crippen LogP contribution in [0.5, 0.6) is 5.75 Å². The van der Waals surface area contributed by atoms with Crippen LogP contribution in [0.15, 0.2) is 48.5 Å². The van der Waals surface area contributed by atoms with Crippen LogP contribution in [0.1, 0.15) is 6.92 Å². The quantitative estimate of drug-likeness (QED) is 0.832. The minimum atomic E-state index is -3.38. The number of hydrogen-bond acceptors (Lipinski definition) is 4. The first-order valence-corrected chi connectivity index (χ1v) is 9.66. The number of halogens is 1. The summed E-state index contributed by atoms with van der Waals surface area (Å²) >= 11 is 5.89. The summed E-state index contributed by atoms with van der Waals surface area (Å²) in [5, 5.41) is 3.22. The average molecular weight is 383 g/mol. The minimum Gasteiger partial charge on any atom is -0.481 e. The molecular formula is C17H19ClN2O4S. The normalized spacial score (nSPS) is 12.3. The lowest BCUT2D eigenvalue weighted by Crippen LogP contribution is -2.30. The lowest BCUT2D eigenvalue weighted by Gasteiger charge is -2.18. The second kappa shape index (κ2) is 7.76. The molecule has 0 bridgehead atoms. The number of sulfonamides is 1. The maximum atomic E-state index is 12.3. The third-order valence-corrected chi connectivity index (χ3v) is 4.89. The van der Waals surface area contributed by atoms with Crippen molar-refractivity contribution in [2.24, 2.45) is 0 Å². The van der Waals surface area contributed by atoms with Gasteiger partial charge in [-0.2, -0.15) is 0 Å². The molecule has 0 saturated heterocycles. The SMILES string of the molecule is C[C@H](Oc1cccc(Cl)c1)C(=O)Nc1cccc(N(C)S(C)(=O)=O)c1. The van der Waals surface area contributed by atoms with Gasteiger partial charge in [-0.05, 0) is 43.3 Å². The summed E-state index contributed by atoms with van der Waals surface area (Å²) in [7, 11) is -1.93. The van der Waals surface area contributed by atoms with Gasteiger partial charge in [0.05, 0.1) is 11.9 Å². The molecule has 0 spiro atoms. The van der Waals surface area contributed by atoms with Crippen LogP contribution >= 0.6 is 11.6 Å². The van der Waals surface area contributed by atoms with Crippen LogP contribution < -0.4 is 14.4 Å². The second-order valence-corrected chi connectivity index (χ2v) is 7.94. The molecule has 134 valence electrons. The van der Waals surface area contributed by atoms with E-state index in [4.69, 9.17) is 16.3 Å². The fourth-order valence-electron chi connectivity index (χ4n) is 2.01. The molecule has 8 heteroatoms. The van der Waals surface area contributed by atoms with Gasteiger partial charge in [-0.3, -0.25) is 9.10 Å². The summed E-state index contributed by atoms with van der Waals surface area (Å²) < 4.78 is 29.9. The summed E-state index contributed by atoms with van der Waals surface area (Å²) in [4.78, 5) is 12.3. The van der Waals surface area contributed by atoms with Crippen LogP contribution in [-0.4, -0.2) is 33.7 Å². The fourth-order valence-corrected chi connectivity index (χ4v) is 2.69. The number of nitrogens with zero attached hydrogens (tertiary/aromatic N) is 1. The molecule has 1 atom stereocenters. The highest BCUT2D eigenvalue weighted by molar-refractivity contribution is 7.92. The Morgan fingerprint density at radius 1 is 1.20 bits per heavy atom. The van der Waals surface area contributed by atoms with Crippen molar-refractivity contribution in [3.05, 3.63) is 53.6 Å². The average Bonchev–Trinajstić information content (AvgIpc) is 2.53. The molecule has 25 heavy (non-hydrogen) atoms. The van der Waals surface area contributed by atoms with Gasteiger partial charge in [-0.25, -0.2) is 8.42 Å². The molecule has 2 rings (SSSR count). The number of rotatable bonds is 6. The Hall–Kier alpha value is -2.25. The van der Waals surface area contributed by atoms with Crippen molar-refractivity contribution < 1.29 is 17.9 Å². The Labute approximate surface area is 152 Å². The third kappa shape index (κ3) is 5.37. The maximum absolute atomic E-state index is 12.3. The Morgan fingerprint density at radius 3 is 2.52 bits per heavy atom. The summed E-state index contributed by atoms with van der Waals surface area (Å²) in [5.41, 5.74) is 0.920. The molecule has 2 aromatic rings. The van der Waals surface area contributed by atoms with E-state index in [1.165, 1.54) is 7.05 Å². The van der Waals surface area contributed by atoms with E-state index < -0.39 is 16.1 Å². The smallest absolute Gasteiger partial charge is 0.265 e. The monoisotopic (exact) mass is 382 g/mol. The van der Waals surface area contributed by atoms with Gasteiger partial charge in [0.2, 0.25) is 10.0 Å². The molecule has 2 aromatic carbocycles. The number of hydrogen-bond donors (Lipinski definition) is 1. The Balaban J connectivity index is 2.07. The number of amides is 1. The molecule has 0 aliphatic rings. The first-order chi connectivity index (χ1) is 11.7. The lowest BCUT2D eigenvalue weighted by atomic mass is 10.2. The number of anilines is 2. The van der Waals surface area contributed by atoms with Crippen molar-refractivity contribution in [1.29, 1.82) is 0 Å². The maximum Gasteiger partial charge on any atom is 0.265 e. The molecule has 0 radical (unpaired) electrons. The van der Waals surface area contributed by atoms with Crippen molar-refractivity contribution in [2.75, 3.05) is 22.9 Å². The molecule has 0 aromatic heterocycles. The van der Waals surface area contributed by atoms with Crippen molar-refractivity contribution in [2.45, 2.75) is 13.0 Å². The van der Waals surface area contributed by atoms with Crippen molar-refractivity contribution >= 4 is 38.9 Å². The highest BCUT2D eigenvalue weighted by atomic mass is 35.5. The van der Waals surface area contributed by atoms with Gasteiger partial charge < -0.3 is 10.1 Å². The van der Waals surface area contributed by atoms with Crippen LogP contribution in [0.3, 0.4) is 0 Å². The van der Waals surface area contributed by atoms with Crippen LogP contribution in [0.2, 0.25) is 5.02 Å². The molecule has 1 N–H and O–H groups in total. The molecule has 0 saturated carbocycles. The molecule has 0 heterocycles. The first-order valence-electron chi connectivity index (χ1n) is 7.44. The van der Waals surface area contributed by atoms with E-state index in [9.17, 15) is 13.2 Å². The first kappa shape index (κ1) is 19.1. The second-order valence-electron chi connectivity index (χ2n) is 5.49. The minimum absolute atomic E-state index is 0.362. The highest BCUT2D eigenvalue weighted by Gasteiger charge is 2.17. The van der Waals surface area contributed by atoms with E-state index in [1.807, 2.05) is 0 Å². The topological polar surface area (TPSA) is 75.7 Å². The van der Waals surface area contributed by atoms with E-state index >= 15 is 0 Å². The van der Waals surface area contributed by atoms with Gasteiger partial charge in [0.1, 0.15) is 5.75 Å².